The van der Waals surface area contributed by atoms with E-state index in [-0.39, 0.29) is 0 Å². The lowest BCUT2D eigenvalue weighted by molar-refractivity contribution is 0.321. The number of nitrogens with zero attached hydrogens (tertiary/aromatic N) is 1. The zero-order valence-electron chi connectivity index (χ0n) is 11.7. The Kier molecular flexibility index (Phi) is 4.61. The van der Waals surface area contributed by atoms with Gasteiger partial charge in [-0.2, -0.15) is 0 Å². The second-order valence-electron chi connectivity index (χ2n) is 5.00. The van der Waals surface area contributed by atoms with Crippen LogP contribution in [0.3, 0.4) is 0 Å². The average Bonchev–Trinajstić information content (AvgIpc) is 2.87. The molecule has 1 aromatic rings. The molecule has 0 bridgehead atoms. The fourth-order valence-electron chi connectivity index (χ4n) is 2.67. The van der Waals surface area contributed by atoms with E-state index >= 15 is 0 Å². The Bertz CT molecular complexity index is 392. The van der Waals surface area contributed by atoms with Gasteiger partial charge in [-0.25, -0.2) is 0 Å². The molecule has 1 heterocycles. The molecule has 3 heteroatoms. The van der Waals surface area contributed by atoms with Crippen LogP contribution < -0.4 is 10.1 Å². The van der Waals surface area contributed by atoms with E-state index in [1.54, 1.807) is 7.11 Å². The summed E-state index contributed by atoms with van der Waals surface area (Å²) in [7, 11) is 3.78. The van der Waals surface area contributed by atoms with Gasteiger partial charge >= 0.3 is 0 Å². The minimum Gasteiger partial charge on any atom is -0.497 e. The number of rotatable bonds is 5. The van der Waals surface area contributed by atoms with Gasteiger partial charge in [0.05, 0.1) is 7.11 Å². The number of aryl methyl sites for hydroxylation is 1. The van der Waals surface area contributed by atoms with Crippen molar-refractivity contribution in [3.63, 3.8) is 0 Å². The summed E-state index contributed by atoms with van der Waals surface area (Å²) in [5.41, 5.74) is 2.84. The van der Waals surface area contributed by atoms with Crippen LogP contribution in [0.15, 0.2) is 18.2 Å². The Morgan fingerprint density at radius 1 is 1.39 bits per heavy atom. The second-order valence-corrected chi connectivity index (χ2v) is 5.00. The largest absolute Gasteiger partial charge is 0.497 e. The molecule has 0 radical (unpaired) electrons. The molecule has 1 saturated heterocycles. The van der Waals surface area contributed by atoms with Crippen molar-refractivity contribution in [2.45, 2.75) is 32.4 Å². The van der Waals surface area contributed by atoms with Crippen LogP contribution in [0, 0.1) is 0 Å². The molecule has 100 valence electrons. The molecule has 1 unspecified atom stereocenters. The lowest BCUT2D eigenvalue weighted by Crippen LogP contribution is -2.29. The highest BCUT2D eigenvalue weighted by Gasteiger charge is 2.21. The Balaban J connectivity index is 2.05. The minimum atomic E-state index is 0.660. The standard InChI is InChI=1S/C15H24N2O/c1-4-12-9-15(18-3)6-5-13(12)10-17-8-7-14(11-17)16-2/h5-6,9,14,16H,4,7-8,10-11H2,1-3H3. The number of likely N-dealkylation sites (N-methyl/N-ethyl adjacent to an activating group) is 1. The molecule has 1 atom stereocenters. The number of hydrogen-bond acceptors (Lipinski definition) is 3. The summed E-state index contributed by atoms with van der Waals surface area (Å²) >= 11 is 0. The zero-order chi connectivity index (χ0) is 13.0. The number of likely N-dealkylation sites (tertiary alicyclic amines) is 1. The third kappa shape index (κ3) is 3.03. The minimum absolute atomic E-state index is 0.660. The molecule has 3 nitrogen and oxygen atoms in total. The average molecular weight is 248 g/mol. The van der Waals surface area contributed by atoms with Crippen molar-refractivity contribution >= 4 is 0 Å². The van der Waals surface area contributed by atoms with Gasteiger partial charge in [0.25, 0.3) is 0 Å². The smallest absolute Gasteiger partial charge is 0.119 e. The van der Waals surface area contributed by atoms with E-state index in [2.05, 4.69) is 42.4 Å². The summed E-state index contributed by atoms with van der Waals surface area (Å²) in [5.74, 6) is 0.963. The van der Waals surface area contributed by atoms with Crippen molar-refractivity contribution in [1.82, 2.24) is 10.2 Å². The Labute approximate surface area is 110 Å². The molecular formula is C15H24N2O. The fraction of sp³-hybridized carbons (Fsp3) is 0.600. The molecule has 18 heavy (non-hydrogen) atoms. The van der Waals surface area contributed by atoms with E-state index in [0.29, 0.717) is 6.04 Å². The number of benzene rings is 1. The summed E-state index contributed by atoms with van der Waals surface area (Å²) in [6.45, 7) is 5.62. The molecule has 1 aliphatic heterocycles. The summed E-state index contributed by atoms with van der Waals surface area (Å²) < 4.78 is 5.29. The quantitative estimate of drug-likeness (QED) is 0.863. The molecule has 0 saturated carbocycles. The first-order valence-electron chi connectivity index (χ1n) is 6.82. The van der Waals surface area contributed by atoms with Crippen LogP contribution in [0.5, 0.6) is 5.75 Å². The molecule has 1 fully saturated rings. The van der Waals surface area contributed by atoms with Crippen LogP contribution in [-0.2, 0) is 13.0 Å². The van der Waals surface area contributed by atoms with Crippen molar-refractivity contribution in [3.05, 3.63) is 29.3 Å². The Morgan fingerprint density at radius 3 is 2.83 bits per heavy atom. The van der Waals surface area contributed by atoms with Crippen molar-refractivity contribution in [3.8, 4) is 5.75 Å². The van der Waals surface area contributed by atoms with Crippen LogP contribution >= 0.6 is 0 Å². The molecule has 2 rings (SSSR count). The highest BCUT2D eigenvalue weighted by Crippen LogP contribution is 2.21. The normalized spacial score (nSPS) is 20.3. The number of hydrogen-bond donors (Lipinski definition) is 1. The van der Waals surface area contributed by atoms with E-state index < -0.39 is 0 Å². The number of nitrogens with one attached hydrogen (secondary N) is 1. The van der Waals surface area contributed by atoms with Crippen molar-refractivity contribution in [2.24, 2.45) is 0 Å². The number of methoxy groups -OCH3 is 1. The summed E-state index contributed by atoms with van der Waals surface area (Å²) in [5, 5.41) is 3.36. The predicted octanol–water partition coefficient (Wildman–Crippen LogP) is 2.05. The van der Waals surface area contributed by atoms with E-state index in [9.17, 15) is 0 Å². The van der Waals surface area contributed by atoms with E-state index in [1.807, 2.05) is 0 Å². The lowest BCUT2D eigenvalue weighted by atomic mass is 10.0. The molecule has 0 spiro atoms. The molecule has 1 aliphatic rings. The first-order chi connectivity index (χ1) is 8.76. The molecular weight excluding hydrogens is 224 g/mol. The maximum Gasteiger partial charge on any atom is 0.119 e. The van der Waals surface area contributed by atoms with E-state index in [0.717, 1.165) is 25.3 Å². The molecule has 1 N–H and O–H groups in total. The molecule has 0 amide bonds. The first kappa shape index (κ1) is 13.4. The number of ether oxygens (including phenoxy) is 1. The summed E-state index contributed by atoms with van der Waals surface area (Å²) in [4.78, 5) is 2.53. The van der Waals surface area contributed by atoms with E-state index in [1.165, 1.54) is 24.1 Å². The van der Waals surface area contributed by atoms with Crippen molar-refractivity contribution in [2.75, 3.05) is 27.2 Å². The summed E-state index contributed by atoms with van der Waals surface area (Å²) in [6, 6.07) is 7.11. The highest BCUT2D eigenvalue weighted by molar-refractivity contribution is 5.35. The maximum atomic E-state index is 5.29. The first-order valence-corrected chi connectivity index (χ1v) is 6.82. The van der Waals surface area contributed by atoms with Crippen molar-refractivity contribution < 1.29 is 4.74 Å². The van der Waals surface area contributed by atoms with Gasteiger partial charge in [0.1, 0.15) is 5.75 Å². The van der Waals surface area contributed by atoms with Gasteiger partial charge in [-0.3, -0.25) is 4.90 Å². The van der Waals surface area contributed by atoms with Crippen LogP contribution in [0.4, 0.5) is 0 Å². The van der Waals surface area contributed by atoms with Crippen LogP contribution in [0.1, 0.15) is 24.5 Å². The molecule has 1 aromatic carbocycles. The highest BCUT2D eigenvalue weighted by atomic mass is 16.5. The molecule has 0 aromatic heterocycles. The van der Waals surface area contributed by atoms with Gasteiger partial charge in [0.15, 0.2) is 0 Å². The fourth-order valence-corrected chi connectivity index (χ4v) is 2.67. The van der Waals surface area contributed by atoms with E-state index in [4.69, 9.17) is 4.74 Å². The molecule has 0 aliphatic carbocycles. The van der Waals surface area contributed by atoms with Gasteiger partial charge in [-0.1, -0.05) is 13.0 Å². The topological polar surface area (TPSA) is 24.5 Å². The predicted molar refractivity (Wildman–Crippen MR) is 75.1 cm³/mol. The zero-order valence-corrected chi connectivity index (χ0v) is 11.7. The summed E-state index contributed by atoms with van der Waals surface area (Å²) in [6.07, 6.45) is 2.32. The SMILES string of the molecule is CCc1cc(OC)ccc1CN1CCC(NC)C1. The maximum absolute atomic E-state index is 5.29. The van der Waals surface area contributed by atoms with Crippen molar-refractivity contribution in [1.29, 1.82) is 0 Å². The van der Waals surface area contributed by atoms with Gasteiger partial charge in [0.2, 0.25) is 0 Å². The monoisotopic (exact) mass is 248 g/mol. The van der Waals surface area contributed by atoms with Gasteiger partial charge in [0, 0.05) is 25.7 Å². The van der Waals surface area contributed by atoms with Gasteiger partial charge in [-0.05, 0) is 43.1 Å². The Hall–Kier alpha value is -1.06. The third-order valence-electron chi connectivity index (χ3n) is 3.87. The van der Waals surface area contributed by atoms with Crippen LogP contribution in [0.25, 0.3) is 0 Å². The lowest BCUT2D eigenvalue weighted by Gasteiger charge is -2.18. The Morgan fingerprint density at radius 2 is 2.22 bits per heavy atom. The second kappa shape index (κ2) is 6.21. The van der Waals surface area contributed by atoms with Gasteiger partial charge < -0.3 is 10.1 Å². The third-order valence-corrected chi connectivity index (χ3v) is 3.87. The van der Waals surface area contributed by atoms with Gasteiger partial charge in [-0.15, -0.1) is 0 Å². The van der Waals surface area contributed by atoms with Crippen LogP contribution in [0.2, 0.25) is 0 Å². The van der Waals surface area contributed by atoms with Crippen LogP contribution in [-0.4, -0.2) is 38.2 Å².